The van der Waals surface area contributed by atoms with E-state index in [2.05, 4.69) is 15.3 Å². The Morgan fingerprint density at radius 3 is 2.78 bits per heavy atom. The lowest BCUT2D eigenvalue weighted by Gasteiger charge is -2.27. The van der Waals surface area contributed by atoms with E-state index in [4.69, 9.17) is 4.74 Å². The molecule has 0 atom stereocenters. The smallest absolute Gasteiger partial charge is 0.274 e. The molecule has 0 radical (unpaired) electrons. The van der Waals surface area contributed by atoms with Gasteiger partial charge in [-0.2, -0.15) is 0 Å². The molecule has 2 heterocycles. The standard InChI is InChI=1S/C16H17FN4O2/c1-11-9-14(15(22)19-13-4-2-3-12(17)10-13)20-16(18-11)21-5-7-23-8-6-21/h2-4,9-10H,5-8H2,1H3,(H,19,22). The van der Waals surface area contributed by atoms with Gasteiger partial charge in [0.15, 0.2) is 0 Å². The van der Waals surface area contributed by atoms with Crippen molar-refractivity contribution in [3.8, 4) is 0 Å². The first-order valence-corrected chi connectivity index (χ1v) is 7.37. The zero-order chi connectivity index (χ0) is 16.2. The minimum Gasteiger partial charge on any atom is -0.378 e. The van der Waals surface area contributed by atoms with Crippen molar-refractivity contribution < 1.29 is 13.9 Å². The fraction of sp³-hybridized carbons (Fsp3) is 0.312. The lowest BCUT2D eigenvalue weighted by molar-refractivity contribution is 0.102. The van der Waals surface area contributed by atoms with E-state index < -0.39 is 11.7 Å². The van der Waals surface area contributed by atoms with E-state index in [0.29, 0.717) is 43.6 Å². The molecule has 7 heteroatoms. The van der Waals surface area contributed by atoms with Gasteiger partial charge in [-0.1, -0.05) is 6.07 Å². The van der Waals surface area contributed by atoms with Gasteiger partial charge >= 0.3 is 0 Å². The summed E-state index contributed by atoms with van der Waals surface area (Å²) in [4.78, 5) is 23.0. The SMILES string of the molecule is Cc1cc(C(=O)Nc2cccc(F)c2)nc(N2CCOCC2)n1. The van der Waals surface area contributed by atoms with Crippen LogP contribution in [-0.4, -0.2) is 42.2 Å². The Labute approximate surface area is 133 Å². The van der Waals surface area contributed by atoms with Gasteiger partial charge in [-0.05, 0) is 31.2 Å². The number of nitrogens with one attached hydrogen (secondary N) is 1. The summed E-state index contributed by atoms with van der Waals surface area (Å²) in [7, 11) is 0. The Morgan fingerprint density at radius 2 is 2.04 bits per heavy atom. The maximum absolute atomic E-state index is 13.2. The number of hydrogen-bond donors (Lipinski definition) is 1. The highest BCUT2D eigenvalue weighted by Gasteiger charge is 2.17. The summed E-state index contributed by atoms with van der Waals surface area (Å²) in [5.41, 5.74) is 1.34. The number of ether oxygens (including phenoxy) is 1. The zero-order valence-electron chi connectivity index (χ0n) is 12.8. The van der Waals surface area contributed by atoms with Crippen LogP contribution in [0.15, 0.2) is 30.3 Å². The third-order valence-electron chi connectivity index (χ3n) is 3.45. The molecule has 1 N–H and O–H groups in total. The monoisotopic (exact) mass is 316 g/mol. The molecule has 1 aliphatic heterocycles. The van der Waals surface area contributed by atoms with Gasteiger partial charge in [0.2, 0.25) is 5.95 Å². The zero-order valence-corrected chi connectivity index (χ0v) is 12.8. The van der Waals surface area contributed by atoms with Crippen molar-refractivity contribution in [2.24, 2.45) is 0 Å². The van der Waals surface area contributed by atoms with Crippen LogP contribution in [0.2, 0.25) is 0 Å². The number of carbonyl (C=O) groups is 1. The Balaban J connectivity index is 1.81. The Kier molecular flexibility index (Phi) is 4.47. The highest BCUT2D eigenvalue weighted by atomic mass is 19.1. The van der Waals surface area contributed by atoms with Crippen LogP contribution in [0.3, 0.4) is 0 Å². The van der Waals surface area contributed by atoms with E-state index in [9.17, 15) is 9.18 Å². The Morgan fingerprint density at radius 1 is 1.26 bits per heavy atom. The normalized spacial score (nSPS) is 14.6. The number of amides is 1. The van der Waals surface area contributed by atoms with Gasteiger partial charge in [0.1, 0.15) is 11.5 Å². The fourth-order valence-corrected chi connectivity index (χ4v) is 2.34. The second-order valence-corrected chi connectivity index (χ2v) is 5.26. The summed E-state index contributed by atoms with van der Waals surface area (Å²) in [5, 5.41) is 2.64. The summed E-state index contributed by atoms with van der Waals surface area (Å²) in [6.45, 7) is 4.41. The van der Waals surface area contributed by atoms with Crippen LogP contribution in [0.25, 0.3) is 0 Å². The summed E-state index contributed by atoms with van der Waals surface area (Å²) in [5.74, 6) is -0.288. The average molecular weight is 316 g/mol. The van der Waals surface area contributed by atoms with E-state index in [1.165, 1.54) is 18.2 Å². The molecular weight excluding hydrogens is 299 g/mol. The molecule has 1 aromatic heterocycles. The van der Waals surface area contributed by atoms with Crippen LogP contribution in [-0.2, 0) is 4.74 Å². The Hall–Kier alpha value is -2.54. The molecule has 0 saturated carbocycles. The minimum atomic E-state index is -0.407. The van der Waals surface area contributed by atoms with Crippen LogP contribution >= 0.6 is 0 Å². The number of anilines is 2. The molecule has 0 bridgehead atoms. The van der Waals surface area contributed by atoms with Crippen LogP contribution in [0.1, 0.15) is 16.2 Å². The van der Waals surface area contributed by atoms with Gasteiger partial charge < -0.3 is 15.0 Å². The number of benzene rings is 1. The van der Waals surface area contributed by atoms with E-state index in [0.717, 1.165) is 0 Å². The van der Waals surface area contributed by atoms with Crippen LogP contribution < -0.4 is 10.2 Å². The van der Waals surface area contributed by atoms with Gasteiger partial charge in [0.25, 0.3) is 5.91 Å². The second-order valence-electron chi connectivity index (χ2n) is 5.26. The van der Waals surface area contributed by atoms with Crippen molar-refractivity contribution in [3.05, 3.63) is 47.5 Å². The van der Waals surface area contributed by atoms with E-state index >= 15 is 0 Å². The predicted octanol–water partition coefficient (Wildman–Crippen LogP) is 2.01. The average Bonchev–Trinajstić information content (AvgIpc) is 2.55. The molecule has 1 saturated heterocycles. The molecule has 1 aliphatic rings. The molecule has 6 nitrogen and oxygen atoms in total. The predicted molar refractivity (Wildman–Crippen MR) is 84.2 cm³/mol. The molecule has 120 valence electrons. The summed E-state index contributed by atoms with van der Waals surface area (Å²) in [6, 6.07) is 7.35. The first kappa shape index (κ1) is 15.4. The molecule has 2 aromatic rings. The maximum atomic E-state index is 13.2. The number of halogens is 1. The number of nitrogens with zero attached hydrogens (tertiary/aromatic N) is 3. The molecule has 0 spiro atoms. The lowest BCUT2D eigenvalue weighted by atomic mass is 10.2. The minimum absolute atomic E-state index is 0.253. The number of morpholine rings is 1. The molecule has 1 aromatic carbocycles. The van der Waals surface area contributed by atoms with Gasteiger partial charge in [-0.15, -0.1) is 0 Å². The van der Waals surface area contributed by atoms with Crippen molar-refractivity contribution in [1.82, 2.24) is 9.97 Å². The summed E-state index contributed by atoms with van der Waals surface area (Å²) < 4.78 is 18.5. The van der Waals surface area contributed by atoms with Crippen LogP contribution in [0, 0.1) is 12.7 Å². The van der Waals surface area contributed by atoms with Crippen molar-refractivity contribution >= 4 is 17.5 Å². The third-order valence-corrected chi connectivity index (χ3v) is 3.45. The van der Waals surface area contributed by atoms with Crippen molar-refractivity contribution in [1.29, 1.82) is 0 Å². The van der Waals surface area contributed by atoms with E-state index in [1.54, 1.807) is 12.1 Å². The van der Waals surface area contributed by atoms with Crippen molar-refractivity contribution in [2.45, 2.75) is 6.92 Å². The number of carbonyl (C=O) groups excluding carboxylic acids is 1. The number of rotatable bonds is 3. The lowest BCUT2D eigenvalue weighted by Crippen LogP contribution is -2.37. The van der Waals surface area contributed by atoms with Crippen molar-refractivity contribution in [2.75, 3.05) is 36.5 Å². The molecular formula is C16H17FN4O2. The molecule has 0 aliphatic carbocycles. The number of aryl methyl sites for hydroxylation is 1. The van der Waals surface area contributed by atoms with Gasteiger partial charge in [0, 0.05) is 24.5 Å². The second kappa shape index (κ2) is 6.70. The molecule has 1 fully saturated rings. The molecule has 1 amide bonds. The number of aromatic nitrogens is 2. The highest BCUT2D eigenvalue weighted by Crippen LogP contribution is 2.14. The Bertz CT molecular complexity index is 717. The molecule has 3 rings (SSSR count). The van der Waals surface area contributed by atoms with Gasteiger partial charge in [0.05, 0.1) is 13.2 Å². The summed E-state index contributed by atoms with van der Waals surface area (Å²) >= 11 is 0. The van der Waals surface area contributed by atoms with Crippen molar-refractivity contribution in [3.63, 3.8) is 0 Å². The first-order valence-electron chi connectivity index (χ1n) is 7.37. The summed E-state index contributed by atoms with van der Waals surface area (Å²) in [6.07, 6.45) is 0. The highest BCUT2D eigenvalue weighted by molar-refractivity contribution is 6.03. The topological polar surface area (TPSA) is 67.4 Å². The molecule has 0 unspecified atom stereocenters. The van der Waals surface area contributed by atoms with Gasteiger partial charge in [-0.25, -0.2) is 14.4 Å². The fourth-order valence-electron chi connectivity index (χ4n) is 2.34. The largest absolute Gasteiger partial charge is 0.378 e. The maximum Gasteiger partial charge on any atom is 0.274 e. The third kappa shape index (κ3) is 3.81. The quantitative estimate of drug-likeness (QED) is 0.938. The van der Waals surface area contributed by atoms with E-state index in [1.807, 2.05) is 11.8 Å². The molecule has 23 heavy (non-hydrogen) atoms. The van der Waals surface area contributed by atoms with Gasteiger partial charge in [-0.3, -0.25) is 4.79 Å². The van der Waals surface area contributed by atoms with Crippen LogP contribution in [0.4, 0.5) is 16.0 Å². The first-order chi connectivity index (χ1) is 11.1. The number of hydrogen-bond acceptors (Lipinski definition) is 5. The van der Waals surface area contributed by atoms with E-state index in [-0.39, 0.29) is 5.69 Å². The van der Waals surface area contributed by atoms with Crippen LogP contribution in [0.5, 0.6) is 0 Å².